The minimum absolute atomic E-state index is 0.224. The Balaban J connectivity index is 1.33. The van der Waals surface area contributed by atoms with Crippen molar-refractivity contribution in [2.75, 3.05) is 44.2 Å². The first-order valence-corrected chi connectivity index (χ1v) is 10.7. The zero-order chi connectivity index (χ0) is 18.8. The molecule has 1 aromatic rings. The largest absolute Gasteiger partial charge is 0.356 e. The number of carbonyl (C=O) groups is 1. The number of piperidine rings is 2. The fraction of sp³-hybridized carbons (Fsp3) is 0.762. The third-order valence-corrected chi connectivity index (χ3v) is 6.57. The molecule has 3 saturated heterocycles. The van der Waals surface area contributed by atoms with Crippen LogP contribution in [0.5, 0.6) is 0 Å². The van der Waals surface area contributed by atoms with Gasteiger partial charge in [0.15, 0.2) is 0 Å². The van der Waals surface area contributed by atoms with Crippen LogP contribution in [0.15, 0.2) is 6.20 Å². The topological polar surface area (TPSA) is 52.6 Å². The predicted molar refractivity (Wildman–Crippen MR) is 107 cm³/mol. The molecule has 148 valence electrons. The van der Waals surface area contributed by atoms with E-state index in [-0.39, 0.29) is 5.92 Å². The highest BCUT2D eigenvalue weighted by atomic mass is 16.2. The van der Waals surface area contributed by atoms with Crippen LogP contribution in [0, 0.1) is 19.8 Å². The monoisotopic (exact) mass is 371 g/mol. The van der Waals surface area contributed by atoms with Gasteiger partial charge < -0.3 is 9.80 Å². The molecular weight excluding hydrogens is 338 g/mol. The van der Waals surface area contributed by atoms with E-state index in [1.165, 1.54) is 12.8 Å². The molecule has 3 fully saturated rings. The Morgan fingerprint density at radius 2 is 1.74 bits per heavy atom. The molecule has 4 heterocycles. The van der Waals surface area contributed by atoms with E-state index < -0.39 is 0 Å². The standard InChI is InChI=1S/C21H33N5O/c1-16-14-22-17(2)23-20(16)24-12-7-19(8-13-24)26-11-5-6-18(15-26)21(27)25-9-3-4-10-25/h14,18-19H,3-13,15H2,1-2H3/t18-/m1/s1. The second-order valence-corrected chi connectivity index (χ2v) is 8.51. The number of aromatic nitrogens is 2. The number of rotatable bonds is 3. The molecule has 1 atom stereocenters. The van der Waals surface area contributed by atoms with Crippen LogP contribution < -0.4 is 4.90 Å². The molecule has 0 spiro atoms. The van der Waals surface area contributed by atoms with Crippen molar-refractivity contribution >= 4 is 11.7 Å². The second-order valence-electron chi connectivity index (χ2n) is 8.51. The highest BCUT2D eigenvalue weighted by molar-refractivity contribution is 5.79. The molecule has 1 amide bonds. The summed E-state index contributed by atoms with van der Waals surface area (Å²) in [6.07, 6.45) is 8.85. The first-order valence-electron chi connectivity index (χ1n) is 10.7. The number of aryl methyl sites for hydroxylation is 2. The maximum Gasteiger partial charge on any atom is 0.226 e. The molecule has 3 aliphatic rings. The number of amides is 1. The zero-order valence-electron chi connectivity index (χ0n) is 16.9. The predicted octanol–water partition coefficient (Wildman–Crippen LogP) is 2.40. The van der Waals surface area contributed by atoms with Crippen LogP contribution in [-0.4, -0.2) is 71.0 Å². The van der Waals surface area contributed by atoms with E-state index in [1.54, 1.807) is 0 Å². The van der Waals surface area contributed by atoms with E-state index in [2.05, 4.69) is 31.6 Å². The number of hydrogen-bond donors (Lipinski definition) is 0. The fourth-order valence-electron chi connectivity index (χ4n) is 5.02. The van der Waals surface area contributed by atoms with Crippen molar-refractivity contribution in [3.8, 4) is 0 Å². The summed E-state index contributed by atoms with van der Waals surface area (Å²) in [5.41, 5.74) is 1.16. The molecule has 0 bridgehead atoms. The maximum atomic E-state index is 12.8. The number of anilines is 1. The molecule has 4 rings (SSSR count). The van der Waals surface area contributed by atoms with Crippen molar-refractivity contribution < 1.29 is 4.79 Å². The lowest BCUT2D eigenvalue weighted by molar-refractivity contribution is -0.136. The smallest absolute Gasteiger partial charge is 0.226 e. The molecule has 27 heavy (non-hydrogen) atoms. The van der Waals surface area contributed by atoms with Crippen LogP contribution in [-0.2, 0) is 4.79 Å². The Hall–Kier alpha value is -1.69. The van der Waals surface area contributed by atoms with Gasteiger partial charge in [-0.2, -0.15) is 0 Å². The molecule has 1 aromatic heterocycles. The number of hydrogen-bond acceptors (Lipinski definition) is 5. The summed E-state index contributed by atoms with van der Waals surface area (Å²) < 4.78 is 0. The van der Waals surface area contributed by atoms with Crippen molar-refractivity contribution in [2.45, 2.75) is 58.4 Å². The maximum absolute atomic E-state index is 12.8. The van der Waals surface area contributed by atoms with Gasteiger partial charge in [0.1, 0.15) is 11.6 Å². The first kappa shape index (κ1) is 18.7. The number of nitrogens with zero attached hydrogens (tertiary/aromatic N) is 5. The van der Waals surface area contributed by atoms with Crippen molar-refractivity contribution in [1.82, 2.24) is 19.8 Å². The number of carbonyl (C=O) groups excluding carboxylic acids is 1. The Bertz CT molecular complexity index is 665. The normalized spacial score (nSPS) is 25.2. The Morgan fingerprint density at radius 1 is 1.00 bits per heavy atom. The quantitative estimate of drug-likeness (QED) is 0.817. The van der Waals surface area contributed by atoms with Gasteiger partial charge in [0, 0.05) is 50.5 Å². The third kappa shape index (κ3) is 4.10. The van der Waals surface area contributed by atoms with Crippen molar-refractivity contribution in [2.24, 2.45) is 5.92 Å². The van der Waals surface area contributed by atoms with E-state index in [4.69, 9.17) is 0 Å². The summed E-state index contributed by atoms with van der Waals surface area (Å²) in [5.74, 6) is 2.59. The lowest BCUT2D eigenvalue weighted by atomic mass is 9.93. The van der Waals surface area contributed by atoms with Gasteiger partial charge in [-0.1, -0.05) is 0 Å². The van der Waals surface area contributed by atoms with Gasteiger partial charge in [0.2, 0.25) is 5.91 Å². The van der Waals surface area contributed by atoms with Crippen LogP contribution in [0.25, 0.3) is 0 Å². The van der Waals surface area contributed by atoms with Gasteiger partial charge in [-0.05, 0) is 58.9 Å². The van der Waals surface area contributed by atoms with Gasteiger partial charge in [0.05, 0.1) is 5.92 Å². The lowest BCUT2D eigenvalue weighted by Gasteiger charge is -2.43. The van der Waals surface area contributed by atoms with Crippen molar-refractivity contribution in [3.05, 3.63) is 17.6 Å². The molecule has 0 saturated carbocycles. The molecular formula is C21H33N5O. The molecule has 0 N–H and O–H groups in total. The fourth-order valence-corrected chi connectivity index (χ4v) is 5.02. The molecule has 3 aliphatic heterocycles. The Labute approximate surface area is 162 Å². The minimum atomic E-state index is 0.224. The lowest BCUT2D eigenvalue weighted by Crippen LogP contribution is -2.51. The second kappa shape index (κ2) is 8.13. The van der Waals surface area contributed by atoms with Gasteiger partial charge in [0.25, 0.3) is 0 Å². The van der Waals surface area contributed by atoms with E-state index in [0.717, 1.165) is 82.2 Å². The molecule has 0 aromatic carbocycles. The third-order valence-electron chi connectivity index (χ3n) is 6.57. The van der Waals surface area contributed by atoms with Gasteiger partial charge in [-0.25, -0.2) is 9.97 Å². The summed E-state index contributed by atoms with van der Waals surface area (Å²) in [4.78, 5) is 28.9. The molecule has 6 nitrogen and oxygen atoms in total. The highest BCUT2D eigenvalue weighted by Crippen LogP contribution is 2.28. The van der Waals surface area contributed by atoms with Crippen molar-refractivity contribution in [3.63, 3.8) is 0 Å². The zero-order valence-corrected chi connectivity index (χ0v) is 16.9. The van der Waals surface area contributed by atoms with Crippen molar-refractivity contribution in [1.29, 1.82) is 0 Å². The van der Waals surface area contributed by atoms with Crippen LogP contribution >= 0.6 is 0 Å². The average molecular weight is 372 g/mol. The SMILES string of the molecule is Cc1ncc(C)c(N2CCC(N3CCC[C@@H](C(=O)N4CCCC4)C3)CC2)n1. The van der Waals surface area contributed by atoms with Gasteiger partial charge in [-0.3, -0.25) is 9.69 Å². The highest BCUT2D eigenvalue weighted by Gasteiger charge is 2.34. The summed E-state index contributed by atoms with van der Waals surface area (Å²) in [5, 5.41) is 0. The average Bonchev–Trinajstić information content (AvgIpc) is 3.24. The first-order chi connectivity index (χ1) is 13.1. The molecule has 6 heteroatoms. The Kier molecular flexibility index (Phi) is 5.62. The minimum Gasteiger partial charge on any atom is -0.356 e. The van der Waals surface area contributed by atoms with Gasteiger partial charge >= 0.3 is 0 Å². The number of likely N-dealkylation sites (tertiary alicyclic amines) is 2. The Morgan fingerprint density at radius 3 is 2.48 bits per heavy atom. The van der Waals surface area contributed by atoms with Crippen LogP contribution in [0.1, 0.15) is 49.9 Å². The van der Waals surface area contributed by atoms with Crippen LogP contribution in [0.2, 0.25) is 0 Å². The summed E-state index contributed by atoms with van der Waals surface area (Å²) in [6.45, 7) is 10.2. The molecule has 0 unspecified atom stereocenters. The van der Waals surface area contributed by atoms with Crippen LogP contribution in [0.3, 0.4) is 0 Å². The summed E-state index contributed by atoms with van der Waals surface area (Å²) >= 11 is 0. The van der Waals surface area contributed by atoms with E-state index in [9.17, 15) is 4.79 Å². The van der Waals surface area contributed by atoms with Gasteiger partial charge in [-0.15, -0.1) is 0 Å². The van der Waals surface area contributed by atoms with E-state index in [1.807, 2.05) is 13.1 Å². The molecule has 0 aliphatic carbocycles. The summed E-state index contributed by atoms with van der Waals surface area (Å²) in [6, 6.07) is 0.610. The van der Waals surface area contributed by atoms with E-state index >= 15 is 0 Å². The summed E-state index contributed by atoms with van der Waals surface area (Å²) in [7, 11) is 0. The van der Waals surface area contributed by atoms with E-state index in [0.29, 0.717) is 11.9 Å². The molecule has 0 radical (unpaired) electrons. The van der Waals surface area contributed by atoms with Crippen LogP contribution in [0.4, 0.5) is 5.82 Å².